The zero-order chi connectivity index (χ0) is 22.6. The molecule has 0 radical (unpaired) electrons. The van der Waals surface area contributed by atoms with Crippen molar-refractivity contribution in [2.45, 2.75) is 38.1 Å². The summed E-state index contributed by atoms with van der Waals surface area (Å²) in [5.74, 6) is -0.415. The SMILES string of the molecule is Cc1ccc(CCNC(=O)CN2C(=O)COc3cc(S(=O)(=O)NC(C)C)ccc32)cc1. The molecule has 1 aliphatic rings. The van der Waals surface area contributed by atoms with Crippen LogP contribution in [-0.4, -0.2) is 46.0 Å². The topological polar surface area (TPSA) is 105 Å². The second kappa shape index (κ2) is 9.49. The number of benzene rings is 2. The molecule has 0 unspecified atom stereocenters. The Morgan fingerprint density at radius 1 is 1.16 bits per heavy atom. The summed E-state index contributed by atoms with van der Waals surface area (Å²) in [6.07, 6.45) is 0.684. The Labute approximate surface area is 182 Å². The summed E-state index contributed by atoms with van der Waals surface area (Å²) in [5, 5.41) is 2.82. The Balaban J connectivity index is 1.66. The molecule has 2 aromatic rings. The number of ether oxygens (including phenoxy) is 1. The highest BCUT2D eigenvalue weighted by atomic mass is 32.2. The molecule has 2 aromatic carbocycles. The number of hydrogen-bond acceptors (Lipinski definition) is 5. The van der Waals surface area contributed by atoms with Crippen LogP contribution in [0.3, 0.4) is 0 Å². The molecule has 0 saturated carbocycles. The molecule has 2 amide bonds. The molecule has 0 fully saturated rings. The fraction of sp³-hybridized carbons (Fsp3) is 0.364. The van der Waals surface area contributed by atoms with E-state index in [0.29, 0.717) is 18.7 Å². The largest absolute Gasteiger partial charge is 0.482 e. The van der Waals surface area contributed by atoms with Crippen molar-refractivity contribution in [1.82, 2.24) is 10.0 Å². The summed E-state index contributed by atoms with van der Waals surface area (Å²) < 4.78 is 32.7. The monoisotopic (exact) mass is 445 g/mol. The van der Waals surface area contributed by atoms with E-state index in [9.17, 15) is 18.0 Å². The maximum absolute atomic E-state index is 12.4. The van der Waals surface area contributed by atoms with Crippen molar-refractivity contribution in [3.8, 4) is 5.75 Å². The lowest BCUT2D eigenvalue weighted by molar-refractivity contribution is -0.125. The molecule has 31 heavy (non-hydrogen) atoms. The molecule has 1 heterocycles. The van der Waals surface area contributed by atoms with Crippen LogP contribution in [0.5, 0.6) is 5.75 Å². The first-order valence-electron chi connectivity index (χ1n) is 10.1. The molecule has 0 bridgehead atoms. The van der Waals surface area contributed by atoms with Crippen LogP contribution in [0.25, 0.3) is 0 Å². The van der Waals surface area contributed by atoms with E-state index < -0.39 is 10.0 Å². The van der Waals surface area contributed by atoms with Crippen molar-refractivity contribution in [1.29, 1.82) is 0 Å². The highest BCUT2D eigenvalue weighted by Gasteiger charge is 2.29. The van der Waals surface area contributed by atoms with Crippen LogP contribution in [-0.2, 0) is 26.0 Å². The van der Waals surface area contributed by atoms with E-state index in [1.165, 1.54) is 28.7 Å². The first-order valence-corrected chi connectivity index (χ1v) is 11.6. The minimum absolute atomic E-state index is 0.0387. The van der Waals surface area contributed by atoms with Crippen LogP contribution in [0.1, 0.15) is 25.0 Å². The Kier molecular flexibility index (Phi) is 6.97. The van der Waals surface area contributed by atoms with Crippen LogP contribution in [0.15, 0.2) is 47.4 Å². The number of fused-ring (bicyclic) bond motifs is 1. The lowest BCUT2D eigenvalue weighted by Crippen LogP contribution is -2.45. The number of carbonyl (C=O) groups excluding carboxylic acids is 2. The lowest BCUT2D eigenvalue weighted by atomic mass is 10.1. The van der Waals surface area contributed by atoms with Crippen molar-refractivity contribution in [3.05, 3.63) is 53.6 Å². The van der Waals surface area contributed by atoms with E-state index in [-0.39, 0.29) is 41.7 Å². The van der Waals surface area contributed by atoms with Gasteiger partial charge in [0.15, 0.2) is 6.61 Å². The molecule has 0 saturated heterocycles. The van der Waals surface area contributed by atoms with Crippen LogP contribution < -0.4 is 19.7 Å². The third-order valence-electron chi connectivity index (χ3n) is 4.73. The Hall–Kier alpha value is -2.91. The minimum atomic E-state index is -3.70. The van der Waals surface area contributed by atoms with Gasteiger partial charge in [-0.25, -0.2) is 13.1 Å². The maximum Gasteiger partial charge on any atom is 0.265 e. The van der Waals surface area contributed by atoms with E-state index in [2.05, 4.69) is 10.0 Å². The van der Waals surface area contributed by atoms with Gasteiger partial charge in [-0.15, -0.1) is 0 Å². The molecule has 0 spiro atoms. The molecule has 166 valence electrons. The predicted octanol–water partition coefficient (Wildman–Crippen LogP) is 1.77. The number of nitrogens with zero attached hydrogens (tertiary/aromatic N) is 1. The van der Waals surface area contributed by atoms with Gasteiger partial charge in [-0.2, -0.15) is 0 Å². The van der Waals surface area contributed by atoms with E-state index in [1.54, 1.807) is 13.8 Å². The van der Waals surface area contributed by atoms with Gasteiger partial charge >= 0.3 is 0 Å². The van der Waals surface area contributed by atoms with Gasteiger partial charge in [0.2, 0.25) is 15.9 Å². The van der Waals surface area contributed by atoms with Gasteiger partial charge in [-0.1, -0.05) is 29.8 Å². The normalized spacial score (nSPS) is 13.7. The van der Waals surface area contributed by atoms with Crippen molar-refractivity contribution in [2.24, 2.45) is 0 Å². The highest BCUT2D eigenvalue weighted by Crippen LogP contribution is 2.34. The Morgan fingerprint density at radius 2 is 1.87 bits per heavy atom. The molecule has 3 rings (SSSR count). The summed E-state index contributed by atoms with van der Waals surface area (Å²) in [6, 6.07) is 12.1. The summed E-state index contributed by atoms with van der Waals surface area (Å²) in [7, 11) is -3.70. The predicted molar refractivity (Wildman–Crippen MR) is 118 cm³/mol. The number of hydrogen-bond donors (Lipinski definition) is 2. The van der Waals surface area contributed by atoms with E-state index in [0.717, 1.165) is 5.56 Å². The third-order valence-corrected chi connectivity index (χ3v) is 6.39. The van der Waals surface area contributed by atoms with Crippen molar-refractivity contribution in [2.75, 3.05) is 24.6 Å². The number of rotatable bonds is 8. The van der Waals surface area contributed by atoms with Crippen molar-refractivity contribution >= 4 is 27.5 Å². The van der Waals surface area contributed by atoms with Gasteiger partial charge in [-0.05, 0) is 44.9 Å². The Bertz CT molecular complexity index is 1070. The van der Waals surface area contributed by atoms with Gasteiger partial charge in [0.05, 0.1) is 10.6 Å². The van der Waals surface area contributed by atoms with Crippen LogP contribution >= 0.6 is 0 Å². The van der Waals surface area contributed by atoms with E-state index in [1.807, 2.05) is 31.2 Å². The molecular formula is C22H27N3O5S. The molecule has 0 aliphatic carbocycles. The van der Waals surface area contributed by atoms with E-state index in [4.69, 9.17) is 4.74 Å². The molecule has 8 nitrogen and oxygen atoms in total. The fourth-order valence-corrected chi connectivity index (χ4v) is 4.47. The molecular weight excluding hydrogens is 418 g/mol. The maximum atomic E-state index is 12.4. The summed E-state index contributed by atoms with van der Waals surface area (Å²) in [5.41, 5.74) is 2.66. The van der Waals surface area contributed by atoms with Gasteiger partial charge in [0, 0.05) is 18.7 Å². The average molecular weight is 446 g/mol. The lowest BCUT2D eigenvalue weighted by Gasteiger charge is -2.29. The van der Waals surface area contributed by atoms with Crippen LogP contribution in [0.4, 0.5) is 5.69 Å². The number of nitrogens with one attached hydrogen (secondary N) is 2. The summed E-state index contributed by atoms with van der Waals surface area (Å²) in [4.78, 5) is 26.1. The standard InChI is InChI=1S/C22H27N3O5S/c1-15(2)24-31(28,29)18-8-9-19-20(12-18)30-14-22(27)25(19)13-21(26)23-11-10-17-6-4-16(3)5-7-17/h4-9,12,15,24H,10-11,13-14H2,1-3H3,(H,23,26). The van der Waals surface area contributed by atoms with Gasteiger partial charge < -0.3 is 10.1 Å². The number of carbonyl (C=O) groups is 2. The molecule has 0 aromatic heterocycles. The first-order chi connectivity index (χ1) is 14.7. The van der Waals surface area contributed by atoms with Gasteiger partial charge in [-0.3, -0.25) is 14.5 Å². The molecule has 1 aliphatic heterocycles. The van der Waals surface area contributed by atoms with Crippen LogP contribution in [0, 0.1) is 6.92 Å². The average Bonchev–Trinajstić information content (AvgIpc) is 2.70. The van der Waals surface area contributed by atoms with Gasteiger partial charge in [0.1, 0.15) is 12.3 Å². The number of sulfonamides is 1. The zero-order valence-electron chi connectivity index (χ0n) is 17.8. The second-order valence-electron chi connectivity index (χ2n) is 7.76. The van der Waals surface area contributed by atoms with Crippen molar-refractivity contribution < 1.29 is 22.7 Å². The van der Waals surface area contributed by atoms with Crippen molar-refractivity contribution in [3.63, 3.8) is 0 Å². The molecule has 2 N–H and O–H groups in total. The molecule has 0 atom stereocenters. The zero-order valence-corrected chi connectivity index (χ0v) is 18.7. The quantitative estimate of drug-likeness (QED) is 0.644. The summed E-state index contributed by atoms with van der Waals surface area (Å²) in [6.45, 7) is 5.49. The van der Waals surface area contributed by atoms with Gasteiger partial charge in [0.25, 0.3) is 5.91 Å². The first kappa shape index (κ1) is 22.8. The third kappa shape index (κ3) is 5.83. The number of anilines is 1. The van der Waals surface area contributed by atoms with E-state index >= 15 is 0 Å². The second-order valence-corrected chi connectivity index (χ2v) is 9.47. The molecule has 9 heteroatoms. The summed E-state index contributed by atoms with van der Waals surface area (Å²) >= 11 is 0. The highest BCUT2D eigenvalue weighted by molar-refractivity contribution is 7.89. The number of aryl methyl sites for hydroxylation is 1. The fourth-order valence-electron chi connectivity index (χ4n) is 3.20. The Morgan fingerprint density at radius 3 is 2.55 bits per heavy atom. The number of amides is 2. The smallest absolute Gasteiger partial charge is 0.265 e. The minimum Gasteiger partial charge on any atom is -0.482 e. The van der Waals surface area contributed by atoms with Crippen LogP contribution in [0.2, 0.25) is 0 Å².